The molecule has 0 radical (unpaired) electrons. The van der Waals surface area contributed by atoms with Gasteiger partial charge in [0.05, 0.1) is 19.3 Å². The first-order valence-electron chi connectivity index (χ1n) is 19.4. The van der Waals surface area contributed by atoms with Crippen molar-refractivity contribution in [2.45, 2.75) is 97.1 Å². The number of rotatable bonds is 11. The molecule has 5 unspecified atom stereocenters. The van der Waals surface area contributed by atoms with Crippen LogP contribution in [0.5, 0.6) is 0 Å². The van der Waals surface area contributed by atoms with E-state index < -0.39 is 34.7 Å². The Balaban J connectivity index is 1.33. The van der Waals surface area contributed by atoms with Crippen LogP contribution in [0.2, 0.25) is 0 Å². The molecule has 4 bridgehead atoms. The third-order valence-electron chi connectivity index (χ3n) is 14.6. The fourth-order valence-corrected chi connectivity index (χ4v) is 12.8. The van der Waals surface area contributed by atoms with Crippen LogP contribution in [-0.2, 0) is 19.0 Å². The monoisotopic (exact) mass is 664 g/mol. The molecule has 5 fully saturated rings. The zero-order valence-corrected chi connectivity index (χ0v) is 29.8. The second kappa shape index (κ2) is 12.8. The van der Waals surface area contributed by atoms with Gasteiger partial charge in [-0.15, -0.1) is 6.58 Å². The summed E-state index contributed by atoms with van der Waals surface area (Å²) in [4.78, 5) is 16.2. The molecule has 0 amide bonds. The molecule has 1 aliphatic heterocycles. The maximum atomic E-state index is 16.2. The molecule has 0 aromatic heterocycles. The summed E-state index contributed by atoms with van der Waals surface area (Å²) in [5, 5.41) is 13.2. The summed E-state index contributed by atoms with van der Waals surface area (Å²) < 4.78 is 20.4. The molecule has 9 atom stereocenters. The first-order chi connectivity index (χ1) is 23.8. The smallest absolute Gasteiger partial charge is 0.318 e. The van der Waals surface area contributed by atoms with Crippen LogP contribution < -0.4 is 0 Å². The van der Waals surface area contributed by atoms with E-state index in [0.29, 0.717) is 37.4 Å². The van der Waals surface area contributed by atoms with E-state index >= 15 is 4.79 Å². The quantitative estimate of drug-likeness (QED) is 0.192. The van der Waals surface area contributed by atoms with Crippen LogP contribution in [0.3, 0.4) is 0 Å². The standard InChI is InChI=1S/C44H56O5/c1-5-30(31-14-12-13-15-31)24-38(45)42-27-35-29(4)20-21-36(35)43(41-47-22-23-48-41)26-34(42)25-37(28(2)3)44(42,43)40(46)49-39(32-16-8-6-9-17-32)33-18-10-7-11-19-33/h5-11,16-19,25,28-31,34-36,38-39,41,45H,1,12-15,20-24,26-27H2,2-4H3/t29-,30?,34?,35-,36-,38?,42?,43?,44-/m1/s1. The zero-order valence-electron chi connectivity index (χ0n) is 29.8. The van der Waals surface area contributed by atoms with Crippen LogP contribution in [0.25, 0.3) is 0 Å². The van der Waals surface area contributed by atoms with Crippen LogP contribution in [0, 0.1) is 57.7 Å². The van der Waals surface area contributed by atoms with Gasteiger partial charge in [0, 0.05) is 10.8 Å². The molecular formula is C44H56O5. The number of aliphatic hydroxyl groups is 1. The van der Waals surface area contributed by atoms with E-state index in [1.165, 1.54) is 25.7 Å². The number of esters is 1. The third-order valence-corrected chi connectivity index (χ3v) is 14.6. The molecule has 1 N–H and O–H groups in total. The lowest BCUT2D eigenvalue weighted by Gasteiger charge is -2.63. The van der Waals surface area contributed by atoms with Crippen LogP contribution in [0.15, 0.2) is 85.0 Å². The minimum Gasteiger partial charge on any atom is -0.452 e. The van der Waals surface area contributed by atoms with Crippen molar-refractivity contribution < 1.29 is 24.1 Å². The Morgan fingerprint density at radius 2 is 1.59 bits per heavy atom. The summed E-state index contributed by atoms with van der Waals surface area (Å²) in [5.74, 6) is 1.85. The number of hydrogen-bond donors (Lipinski definition) is 1. The number of allylic oxidation sites excluding steroid dienone is 2. The number of fused-ring (bicyclic) bond motifs is 2. The number of hydrogen-bond acceptors (Lipinski definition) is 5. The lowest BCUT2D eigenvalue weighted by molar-refractivity contribution is -0.255. The Kier molecular flexibility index (Phi) is 8.73. The maximum absolute atomic E-state index is 16.2. The van der Waals surface area contributed by atoms with Gasteiger partial charge in [-0.3, -0.25) is 4.79 Å². The van der Waals surface area contributed by atoms with Gasteiger partial charge >= 0.3 is 5.97 Å². The van der Waals surface area contributed by atoms with Gasteiger partial charge in [-0.25, -0.2) is 0 Å². The molecule has 262 valence electrons. The Morgan fingerprint density at radius 1 is 0.959 bits per heavy atom. The highest BCUT2D eigenvalue weighted by molar-refractivity contribution is 5.87. The Labute approximate surface area is 293 Å². The number of benzene rings is 2. The summed E-state index contributed by atoms with van der Waals surface area (Å²) in [5.41, 5.74) is 0.620. The van der Waals surface area contributed by atoms with Gasteiger partial charge in [0.25, 0.3) is 0 Å². The van der Waals surface area contributed by atoms with E-state index in [2.05, 4.69) is 63.8 Å². The summed E-state index contributed by atoms with van der Waals surface area (Å²) in [6.07, 6.45) is 12.1. The van der Waals surface area contributed by atoms with Gasteiger partial charge in [-0.2, -0.15) is 0 Å². The summed E-state index contributed by atoms with van der Waals surface area (Å²) in [6.45, 7) is 12.2. The summed E-state index contributed by atoms with van der Waals surface area (Å²) in [7, 11) is 0. The van der Waals surface area contributed by atoms with Crippen molar-refractivity contribution in [2.75, 3.05) is 13.2 Å². The lowest BCUT2D eigenvalue weighted by Crippen LogP contribution is -2.68. The zero-order chi connectivity index (χ0) is 34.0. The van der Waals surface area contributed by atoms with Crippen LogP contribution in [0.1, 0.15) is 95.8 Å². The fraction of sp³-hybridized carbons (Fsp3) is 0.614. The first kappa shape index (κ1) is 33.4. The van der Waals surface area contributed by atoms with Gasteiger partial charge in [-0.05, 0) is 91.1 Å². The highest BCUT2D eigenvalue weighted by Gasteiger charge is 2.88. The van der Waals surface area contributed by atoms with Crippen molar-refractivity contribution in [3.05, 3.63) is 96.1 Å². The van der Waals surface area contributed by atoms with Crippen LogP contribution >= 0.6 is 0 Å². The minimum atomic E-state index is -1.08. The van der Waals surface area contributed by atoms with Crippen molar-refractivity contribution >= 4 is 5.97 Å². The van der Waals surface area contributed by atoms with Crippen molar-refractivity contribution in [3.8, 4) is 0 Å². The van der Waals surface area contributed by atoms with Gasteiger partial charge in [0.2, 0.25) is 0 Å². The molecule has 8 rings (SSSR count). The first-order valence-corrected chi connectivity index (χ1v) is 19.4. The largest absolute Gasteiger partial charge is 0.452 e. The second-order valence-electron chi connectivity index (χ2n) is 16.8. The second-order valence-corrected chi connectivity index (χ2v) is 16.8. The van der Waals surface area contributed by atoms with E-state index in [4.69, 9.17) is 14.2 Å². The number of ether oxygens (including phenoxy) is 3. The Hall–Kier alpha value is -2.73. The summed E-state index contributed by atoms with van der Waals surface area (Å²) >= 11 is 0. The Morgan fingerprint density at radius 3 is 2.18 bits per heavy atom. The predicted octanol–water partition coefficient (Wildman–Crippen LogP) is 9.08. The average Bonchev–Trinajstić information content (AvgIpc) is 3.96. The molecule has 5 nitrogen and oxygen atoms in total. The SMILES string of the molecule is C=CC(CC(O)C12C[C@@H]3[C@H](C)CC[C@H]3C3(C4OCCO4)CC1C=C(C(C)C)[C@@]23C(=O)OC(c1ccccc1)c1ccccc1)C1CCCC1. The molecule has 2 aromatic carbocycles. The van der Waals surface area contributed by atoms with Gasteiger partial charge < -0.3 is 19.3 Å². The molecule has 0 spiro atoms. The molecule has 2 aromatic rings. The van der Waals surface area contributed by atoms with E-state index in [9.17, 15) is 5.11 Å². The third kappa shape index (κ3) is 4.70. The van der Waals surface area contributed by atoms with Gasteiger partial charge in [0.15, 0.2) is 12.4 Å². The van der Waals surface area contributed by atoms with Gasteiger partial charge in [0.1, 0.15) is 5.41 Å². The number of aliphatic hydroxyl groups excluding tert-OH is 1. The molecular weight excluding hydrogens is 608 g/mol. The van der Waals surface area contributed by atoms with Crippen LogP contribution in [0.4, 0.5) is 0 Å². The topological polar surface area (TPSA) is 65.0 Å². The number of carbonyl (C=O) groups is 1. The van der Waals surface area contributed by atoms with Crippen molar-refractivity contribution in [1.29, 1.82) is 0 Å². The van der Waals surface area contributed by atoms with Crippen LogP contribution in [-0.4, -0.2) is 36.7 Å². The van der Waals surface area contributed by atoms with Crippen molar-refractivity contribution in [2.24, 2.45) is 57.7 Å². The van der Waals surface area contributed by atoms with Gasteiger partial charge in [-0.1, -0.05) is 118 Å². The summed E-state index contributed by atoms with van der Waals surface area (Å²) in [6, 6.07) is 20.3. The fourth-order valence-electron chi connectivity index (χ4n) is 12.8. The van der Waals surface area contributed by atoms with E-state index in [0.717, 1.165) is 42.4 Å². The molecule has 5 aliphatic carbocycles. The molecule has 4 saturated carbocycles. The van der Waals surface area contributed by atoms with Crippen molar-refractivity contribution in [1.82, 2.24) is 0 Å². The normalized spacial score (nSPS) is 36.7. The predicted molar refractivity (Wildman–Crippen MR) is 191 cm³/mol. The number of carbonyl (C=O) groups excluding carboxylic acids is 1. The highest BCUT2D eigenvalue weighted by Crippen LogP contribution is 2.85. The van der Waals surface area contributed by atoms with E-state index in [-0.39, 0.29) is 29.6 Å². The van der Waals surface area contributed by atoms with E-state index in [1.54, 1.807) is 0 Å². The molecule has 1 saturated heterocycles. The van der Waals surface area contributed by atoms with Crippen molar-refractivity contribution in [3.63, 3.8) is 0 Å². The van der Waals surface area contributed by atoms with E-state index in [1.807, 2.05) is 36.4 Å². The maximum Gasteiger partial charge on any atom is 0.318 e. The molecule has 1 heterocycles. The highest BCUT2D eigenvalue weighted by atomic mass is 16.7. The lowest BCUT2D eigenvalue weighted by atomic mass is 9.40. The average molecular weight is 665 g/mol. The molecule has 5 heteroatoms. The minimum absolute atomic E-state index is 0.0407. The Bertz CT molecular complexity index is 1500. The molecule has 6 aliphatic rings. The molecule has 49 heavy (non-hydrogen) atoms.